The highest BCUT2D eigenvalue weighted by Gasteiger charge is 2.16. The number of ether oxygens (including phenoxy) is 2. The van der Waals surface area contributed by atoms with E-state index in [-0.39, 0.29) is 18.1 Å². The number of carbonyl (C=O) groups is 1. The molecule has 0 unspecified atom stereocenters. The fraction of sp³-hybridized carbons (Fsp3) is 0.350. The van der Waals surface area contributed by atoms with Crippen molar-refractivity contribution >= 4 is 22.8 Å². The molecule has 0 spiro atoms. The molecule has 0 aliphatic rings. The van der Waals surface area contributed by atoms with E-state index in [2.05, 4.69) is 20.7 Å². The highest BCUT2D eigenvalue weighted by molar-refractivity contribution is 5.91. The van der Waals surface area contributed by atoms with E-state index < -0.39 is 0 Å². The quantitative estimate of drug-likeness (QED) is 0.673. The van der Waals surface area contributed by atoms with E-state index in [0.29, 0.717) is 17.2 Å². The van der Waals surface area contributed by atoms with Gasteiger partial charge in [-0.15, -0.1) is 0 Å². The normalized spacial score (nSPS) is 12.1. The maximum atomic E-state index is 12.5. The molecule has 148 valence electrons. The zero-order valence-corrected chi connectivity index (χ0v) is 16.7. The summed E-state index contributed by atoms with van der Waals surface area (Å²) in [6.07, 6.45) is 3.37. The fourth-order valence-corrected chi connectivity index (χ4v) is 3.01. The standard InChI is InChI=1S/C20H25N5O3/c1-12(2)25-19-14(10-22-25)8-15(11-21-19)24-20(26)23-13(3)17-9-16(27-4)6-7-18(17)28-5/h6-13H,1-5H3,(H2,23,24,26)/t13-/m1/s1. The Morgan fingerprint density at radius 2 is 1.89 bits per heavy atom. The summed E-state index contributed by atoms with van der Waals surface area (Å²) in [5.74, 6) is 1.37. The fourth-order valence-electron chi connectivity index (χ4n) is 3.01. The number of methoxy groups -OCH3 is 2. The minimum absolute atomic E-state index is 0.214. The van der Waals surface area contributed by atoms with Gasteiger partial charge in [-0.1, -0.05) is 0 Å². The number of carbonyl (C=O) groups excluding carboxylic acids is 1. The molecule has 0 saturated heterocycles. The van der Waals surface area contributed by atoms with Crippen molar-refractivity contribution in [1.82, 2.24) is 20.1 Å². The monoisotopic (exact) mass is 383 g/mol. The number of pyridine rings is 1. The lowest BCUT2D eigenvalue weighted by Gasteiger charge is -2.18. The average Bonchev–Trinajstić information content (AvgIpc) is 3.10. The van der Waals surface area contributed by atoms with Gasteiger partial charge in [0.25, 0.3) is 0 Å². The number of amides is 2. The summed E-state index contributed by atoms with van der Waals surface area (Å²) in [7, 11) is 3.19. The van der Waals surface area contributed by atoms with Gasteiger partial charge >= 0.3 is 6.03 Å². The molecule has 2 amide bonds. The van der Waals surface area contributed by atoms with Crippen LogP contribution in [0.4, 0.5) is 10.5 Å². The van der Waals surface area contributed by atoms with Gasteiger partial charge in [0, 0.05) is 17.0 Å². The Morgan fingerprint density at radius 3 is 2.57 bits per heavy atom. The molecule has 1 atom stereocenters. The number of hydrogen-bond donors (Lipinski definition) is 2. The molecule has 2 heterocycles. The van der Waals surface area contributed by atoms with Crippen molar-refractivity contribution in [2.75, 3.05) is 19.5 Å². The van der Waals surface area contributed by atoms with Crippen molar-refractivity contribution in [1.29, 1.82) is 0 Å². The number of hydrogen-bond acceptors (Lipinski definition) is 5. The predicted molar refractivity (Wildman–Crippen MR) is 108 cm³/mol. The van der Waals surface area contributed by atoms with Gasteiger partial charge < -0.3 is 20.1 Å². The molecular formula is C20H25N5O3. The molecule has 0 bridgehead atoms. The minimum atomic E-state index is -0.338. The van der Waals surface area contributed by atoms with Crippen LogP contribution in [0, 0.1) is 0 Å². The summed E-state index contributed by atoms with van der Waals surface area (Å²) in [5, 5.41) is 10.9. The summed E-state index contributed by atoms with van der Waals surface area (Å²) in [5.41, 5.74) is 2.21. The number of aromatic nitrogens is 3. The van der Waals surface area contributed by atoms with Crippen molar-refractivity contribution in [2.45, 2.75) is 32.9 Å². The van der Waals surface area contributed by atoms with Crippen LogP contribution in [0.1, 0.15) is 38.4 Å². The number of urea groups is 1. The third-order valence-electron chi connectivity index (χ3n) is 4.43. The molecule has 0 radical (unpaired) electrons. The van der Waals surface area contributed by atoms with Crippen LogP contribution in [0.25, 0.3) is 11.0 Å². The lowest BCUT2D eigenvalue weighted by Crippen LogP contribution is -2.31. The van der Waals surface area contributed by atoms with Gasteiger partial charge in [0.15, 0.2) is 5.65 Å². The third kappa shape index (κ3) is 4.00. The third-order valence-corrected chi connectivity index (χ3v) is 4.43. The molecule has 0 aliphatic heterocycles. The summed E-state index contributed by atoms with van der Waals surface area (Å²) < 4.78 is 12.5. The van der Waals surface area contributed by atoms with Gasteiger partial charge in [0.05, 0.1) is 38.3 Å². The lowest BCUT2D eigenvalue weighted by molar-refractivity contribution is 0.249. The van der Waals surface area contributed by atoms with Crippen molar-refractivity contribution in [3.8, 4) is 11.5 Å². The molecule has 3 aromatic rings. The van der Waals surface area contributed by atoms with Crippen LogP contribution < -0.4 is 20.1 Å². The second-order valence-electron chi connectivity index (χ2n) is 6.75. The molecule has 8 nitrogen and oxygen atoms in total. The van der Waals surface area contributed by atoms with E-state index >= 15 is 0 Å². The Morgan fingerprint density at radius 1 is 1.11 bits per heavy atom. The number of benzene rings is 1. The van der Waals surface area contributed by atoms with Crippen molar-refractivity contribution in [3.05, 3.63) is 42.2 Å². The summed E-state index contributed by atoms with van der Waals surface area (Å²) in [6, 6.07) is 6.91. The Kier molecular flexibility index (Phi) is 5.67. The summed E-state index contributed by atoms with van der Waals surface area (Å²) in [4.78, 5) is 16.9. The van der Waals surface area contributed by atoms with Crippen LogP contribution in [-0.2, 0) is 0 Å². The smallest absolute Gasteiger partial charge is 0.319 e. The van der Waals surface area contributed by atoms with Gasteiger partial charge in [0.1, 0.15) is 11.5 Å². The van der Waals surface area contributed by atoms with E-state index in [1.165, 1.54) is 0 Å². The van der Waals surface area contributed by atoms with Gasteiger partial charge in [0.2, 0.25) is 0 Å². The van der Waals surface area contributed by atoms with Crippen molar-refractivity contribution in [3.63, 3.8) is 0 Å². The zero-order chi connectivity index (χ0) is 20.3. The maximum absolute atomic E-state index is 12.5. The van der Waals surface area contributed by atoms with Crippen LogP contribution in [0.15, 0.2) is 36.7 Å². The predicted octanol–water partition coefficient (Wildman–Crippen LogP) is 3.91. The van der Waals surface area contributed by atoms with Gasteiger partial charge in [-0.3, -0.25) is 0 Å². The van der Waals surface area contributed by atoms with Crippen LogP contribution in [0.3, 0.4) is 0 Å². The zero-order valence-electron chi connectivity index (χ0n) is 16.7. The largest absolute Gasteiger partial charge is 0.497 e. The van der Waals surface area contributed by atoms with Gasteiger partial charge in [-0.05, 0) is 45.0 Å². The van der Waals surface area contributed by atoms with E-state index in [4.69, 9.17) is 9.47 Å². The molecule has 3 rings (SSSR count). The first-order valence-electron chi connectivity index (χ1n) is 9.05. The second-order valence-corrected chi connectivity index (χ2v) is 6.75. The first kappa shape index (κ1) is 19.5. The first-order chi connectivity index (χ1) is 13.4. The van der Waals surface area contributed by atoms with E-state index in [1.54, 1.807) is 26.6 Å². The van der Waals surface area contributed by atoms with Crippen LogP contribution in [-0.4, -0.2) is 35.0 Å². The molecule has 1 aromatic carbocycles. The molecule has 0 saturated carbocycles. The Labute approximate surface area is 163 Å². The molecule has 0 fully saturated rings. The molecule has 0 aliphatic carbocycles. The van der Waals surface area contributed by atoms with Crippen molar-refractivity contribution in [2.24, 2.45) is 0 Å². The lowest BCUT2D eigenvalue weighted by atomic mass is 10.1. The minimum Gasteiger partial charge on any atom is -0.497 e. The number of nitrogens with zero attached hydrogens (tertiary/aromatic N) is 3. The van der Waals surface area contributed by atoms with Gasteiger partial charge in [-0.25, -0.2) is 14.5 Å². The highest BCUT2D eigenvalue weighted by Crippen LogP contribution is 2.29. The molecule has 8 heteroatoms. The van der Waals surface area contributed by atoms with E-state index in [9.17, 15) is 4.79 Å². The number of nitrogens with one attached hydrogen (secondary N) is 2. The first-order valence-corrected chi connectivity index (χ1v) is 9.05. The Balaban J connectivity index is 1.72. The molecule has 28 heavy (non-hydrogen) atoms. The highest BCUT2D eigenvalue weighted by atomic mass is 16.5. The Hall–Kier alpha value is -3.29. The van der Waals surface area contributed by atoms with Crippen LogP contribution in [0.5, 0.6) is 11.5 Å². The van der Waals surface area contributed by atoms with E-state index in [0.717, 1.165) is 16.6 Å². The second kappa shape index (κ2) is 8.16. The molecule has 2 aromatic heterocycles. The number of rotatable bonds is 6. The molecular weight excluding hydrogens is 358 g/mol. The van der Waals surface area contributed by atoms with E-state index in [1.807, 2.05) is 49.7 Å². The van der Waals surface area contributed by atoms with Crippen LogP contribution in [0.2, 0.25) is 0 Å². The summed E-state index contributed by atoms with van der Waals surface area (Å²) in [6.45, 7) is 5.97. The number of fused-ring (bicyclic) bond motifs is 1. The summed E-state index contributed by atoms with van der Waals surface area (Å²) >= 11 is 0. The molecule has 2 N–H and O–H groups in total. The maximum Gasteiger partial charge on any atom is 0.319 e. The Bertz CT molecular complexity index is 983. The average molecular weight is 383 g/mol. The number of anilines is 1. The van der Waals surface area contributed by atoms with Gasteiger partial charge in [-0.2, -0.15) is 5.10 Å². The van der Waals surface area contributed by atoms with Crippen LogP contribution >= 0.6 is 0 Å². The SMILES string of the molecule is COc1ccc(OC)c([C@@H](C)NC(=O)Nc2cnc3c(cnn3C(C)C)c2)c1. The topological polar surface area (TPSA) is 90.3 Å². The van der Waals surface area contributed by atoms with Crippen molar-refractivity contribution < 1.29 is 14.3 Å².